The molecule has 7 heteroatoms. The van der Waals surface area contributed by atoms with E-state index in [2.05, 4.69) is 5.32 Å². The van der Waals surface area contributed by atoms with Gasteiger partial charge in [-0.15, -0.1) is 0 Å². The van der Waals surface area contributed by atoms with Gasteiger partial charge >= 0.3 is 0 Å². The average Bonchev–Trinajstić information content (AvgIpc) is 3.10. The van der Waals surface area contributed by atoms with E-state index < -0.39 is 0 Å². The van der Waals surface area contributed by atoms with Crippen LogP contribution in [0.2, 0.25) is 5.02 Å². The van der Waals surface area contributed by atoms with Crippen LogP contribution in [-0.4, -0.2) is 25.2 Å². The van der Waals surface area contributed by atoms with Crippen molar-refractivity contribution in [3.63, 3.8) is 0 Å². The van der Waals surface area contributed by atoms with Crippen molar-refractivity contribution in [3.8, 4) is 11.5 Å². The van der Waals surface area contributed by atoms with Gasteiger partial charge in [0.15, 0.2) is 11.5 Å². The van der Waals surface area contributed by atoms with Crippen molar-refractivity contribution in [1.82, 2.24) is 5.32 Å². The number of anilines is 1. The minimum atomic E-state index is -0.142. The first kappa shape index (κ1) is 19.0. The van der Waals surface area contributed by atoms with E-state index in [9.17, 15) is 9.59 Å². The second kappa shape index (κ2) is 8.31. The Morgan fingerprint density at radius 1 is 1.15 bits per heavy atom. The molecule has 0 spiro atoms. The SMILES string of the molecule is CC(=O)N(CCC(=O)NCc1ccc2c(c1)OCO2)c1ccc(C)c(Cl)c1. The predicted molar refractivity (Wildman–Crippen MR) is 103 cm³/mol. The lowest BCUT2D eigenvalue weighted by atomic mass is 10.2. The monoisotopic (exact) mass is 388 g/mol. The lowest BCUT2D eigenvalue weighted by Gasteiger charge is -2.21. The summed E-state index contributed by atoms with van der Waals surface area (Å²) in [6, 6.07) is 11.0. The summed E-state index contributed by atoms with van der Waals surface area (Å²) in [5.41, 5.74) is 2.54. The van der Waals surface area contributed by atoms with Gasteiger partial charge in [0, 0.05) is 37.1 Å². The van der Waals surface area contributed by atoms with E-state index in [4.69, 9.17) is 21.1 Å². The van der Waals surface area contributed by atoms with Gasteiger partial charge in [0.1, 0.15) is 0 Å². The zero-order valence-corrected chi connectivity index (χ0v) is 16.0. The number of hydrogen-bond acceptors (Lipinski definition) is 4. The third-order valence-corrected chi connectivity index (χ3v) is 4.74. The minimum Gasteiger partial charge on any atom is -0.454 e. The van der Waals surface area contributed by atoms with Crippen molar-refractivity contribution in [3.05, 3.63) is 52.5 Å². The first-order valence-electron chi connectivity index (χ1n) is 8.63. The molecule has 3 rings (SSSR count). The van der Waals surface area contributed by atoms with Crippen LogP contribution in [0, 0.1) is 6.92 Å². The topological polar surface area (TPSA) is 67.9 Å². The molecule has 6 nitrogen and oxygen atoms in total. The maximum absolute atomic E-state index is 12.2. The summed E-state index contributed by atoms with van der Waals surface area (Å²) in [5, 5.41) is 3.45. The van der Waals surface area contributed by atoms with Crippen LogP contribution in [0.3, 0.4) is 0 Å². The van der Waals surface area contributed by atoms with Gasteiger partial charge in [-0.3, -0.25) is 9.59 Å². The van der Waals surface area contributed by atoms with Crippen molar-refractivity contribution in [2.75, 3.05) is 18.2 Å². The van der Waals surface area contributed by atoms with Crippen LogP contribution in [0.5, 0.6) is 11.5 Å². The number of nitrogens with one attached hydrogen (secondary N) is 1. The molecule has 0 atom stereocenters. The zero-order chi connectivity index (χ0) is 19.4. The van der Waals surface area contributed by atoms with Gasteiger partial charge in [0.25, 0.3) is 0 Å². The maximum Gasteiger partial charge on any atom is 0.231 e. The maximum atomic E-state index is 12.2. The molecule has 27 heavy (non-hydrogen) atoms. The Morgan fingerprint density at radius 3 is 2.67 bits per heavy atom. The molecule has 0 aromatic heterocycles. The zero-order valence-electron chi connectivity index (χ0n) is 15.3. The fourth-order valence-electron chi connectivity index (χ4n) is 2.77. The molecular weight excluding hydrogens is 368 g/mol. The molecule has 2 amide bonds. The molecule has 0 fully saturated rings. The number of ether oxygens (including phenoxy) is 2. The van der Waals surface area contributed by atoms with Gasteiger partial charge in [0.05, 0.1) is 0 Å². The predicted octanol–water partition coefficient (Wildman–Crippen LogP) is 3.44. The largest absolute Gasteiger partial charge is 0.454 e. The van der Waals surface area contributed by atoms with Gasteiger partial charge in [-0.25, -0.2) is 0 Å². The van der Waals surface area contributed by atoms with Gasteiger partial charge in [-0.05, 0) is 42.3 Å². The Bertz CT molecular complexity index is 869. The summed E-state index contributed by atoms with van der Waals surface area (Å²) in [7, 11) is 0. The molecule has 1 aliphatic rings. The number of hydrogen-bond donors (Lipinski definition) is 1. The second-order valence-corrected chi connectivity index (χ2v) is 6.73. The summed E-state index contributed by atoms with van der Waals surface area (Å²) < 4.78 is 10.6. The minimum absolute atomic E-state index is 0.140. The molecule has 142 valence electrons. The molecule has 1 N–H and O–H groups in total. The molecule has 1 heterocycles. The molecular formula is C20H21ClN2O4. The number of amides is 2. The highest BCUT2D eigenvalue weighted by Crippen LogP contribution is 2.32. The number of halogens is 1. The molecule has 1 aliphatic heterocycles. The number of rotatable bonds is 6. The Balaban J connectivity index is 1.55. The van der Waals surface area contributed by atoms with Crippen LogP contribution in [0.4, 0.5) is 5.69 Å². The van der Waals surface area contributed by atoms with Gasteiger partial charge in [-0.1, -0.05) is 23.7 Å². The lowest BCUT2D eigenvalue weighted by Crippen LogP contribution is -2.33. The van der Waals surface area contributed by atoms with E-state index >= 15 is 0 Å². The summed E-state index contributed by atoms with van der Waals surface area (Å²) in [6.45, 7) is 4.24. The molecule has 0 saturated carbocycles. The Kier molecular flexibility index (Phi) is 5.86. The van der Waals surface area contributed by atoms with E-state index in [0.717, 1.165) is 11.1 Å². The summed E-state index contributed by atoms with van der Waals surface area (Å²) in [4.78, 5) is 25.7. The van der Waals surface area contributed by atoms with Crippen LogP contribution >= 0.6 is 11.6 Å². The lowest BCUT2D eigenvalue weighted by molar-refractivity contribution is -0.121. The van der Waals surface area contributed by atoms with Crippen molar-refractivity contribution in [1.29, 1.82) is 0 Å². The fraction of sp³-hybridized carbons (Fsp3) is 0.300. The molecule has 2 aromatic carbocycles. The molecule has 0 aliphatic carbocycles. The third kappa shape index (κ3) is 4.71. The van der Waals surface area contributed by atoms with Gasteiger partial charge in [0.2, 0.25) is 18.6 Å². The van der Waals surface area contributed by atoms with Crippen LogP contribution in [0.25, 0.3) is 0 Å². The van der Waals surface area contributed by atoms with Crippen molar-refractivity contribution in [2.45, 2.75) is 26.8 Å². The van der Waals surface area contributed by atoms with Crippen LogP contribution < -0.4 is 19.7 Å². The number of nitrogens with zero attached hydrogens (tertiary/aromatic N) is 1. The highest BCUT2D eigenvalue weighted by molar-refractivity contribution is 6.31. The van der Waals surface area contributed by atoms with Crippen LogP contribution in [-0.2, 0) is 16.1 Å². The van der Waals surface area contributed by atoms with E-state index in [0.29, 0.717) is 28.8 Å². The smallest absolute Gasteiger partial charge is 0.231 e. The van der Waals surface area contributed by atoms with Gasteiger partial charge in [-0.2, -0.15) is 0 Å². The third-order valence-electron chi connectivity index (χ3n) is 4.34. The summed E-state index contributed by atoms with van der Waals surface area (Å²) in [5.74, 6) is 1.11. The highest BCUT2D eigenvalue weighted by Gasteiger charge is 2.16. The fourth-order valence-corrected chi connectivity index (χ4v) is 2.95. The Labute approximate surface area is 163 Å². The van der Waals surface area contributed by atoms with Crippen LogP contribution in [0.1, 0.15) is 24.5 Å². The Morgan fingerprint density at radius 2 is 1.93 bits per heavy atom. The molecule has 0 unspecified atom stereocenters. The quantitative estimate of drug-likeness (QED) is 0.823. The number of fused-ring (bicyclic) bond motifs is 1. The molecule has 2 aromatic rings. The van der Waals surface area contributed by atoms with E-state index in [1.54, 1.807) is 11.0 Å². The van der Waals surface area contributed by atoms with E-state index in [1.807, 2.05) is 37.3 Å². The molecule has 0 bridgehead atoms. The number of aryl methyl sites for hydroxylation is 1. The van der Waals surface area contributed by atoms with Crippen molar-refractivity contribution < 1.29 is 19.1 Å². The summed E-state index contributed by atoms with van der Waals surface area (Å²) >= 11 is 6.15. The highest BCUT2D eigenvalue weighted by atomic mass is 35.5. The summed E-state index contributed by atoms with van der Waals surface area (Å²) in [6.07, 6.45) is 0.190. The molecule has 0 saturated heterocycles. The molecule has 0 radical (unpaired) electrons. The number of carbonyl (C=O) groups is 2. The van der Waals surface area contributed by atoms with E-state index in [1.165, 1.54) is 6.92 Å². The average molecular weight is 389 g/mol. The first-order chi connectivity index (χ1) is 12.9. The second-order valence-electron chi connectivity index (χ2n) is 6.32. The first-order valence-corrected chi connectivity index (χ1v) is 9.01. The standard InChI is InChI=1S/C20H21ClN2O4/c1-13-3-5-16(10-17(13)21)23(14(2)24)8-7-20(25)22-11-15-4-6-18-19(9-15)27-12-26-18/h3-6,9-10H,7-8,11-12H2,1-2H3,(H,22,25). The van der Waals surface area contributed by atoms with Crippen molar-refractivity contribution in [2.24, 2.45) is 0 Å². The van der Waals surface area contributed by atoms with Crippen molar-refractivity contribution >= 4 is 29.1 Å². The number of benzene rings is 2. The van der Waals surface area contributed by atoms with E-state index in [-0.39, 0.29) is 31.6 Å². The Hall–Kier alpha value is -2.73. The number of carbonyl (C=O) groups excluding carboxylic acids is 2. The van der Waals surface area contributed by atoms with Gasteiger partial charge < -0.3 is 19.7 Å². The normalized spacial score (nSPS) is 12.0. The van der Waals surface area contributed by atoms with Crippen LogP contribution in [0.15, 0.2) is 36.4 Å².